The van der Waals surface area contributed by atoms with Crippen LogP contribution >= 0.6 is 0 Å². The second kappa shape index (κ2) is 7.82. The van der Waals surface area contributed by atoms with E-state index in [0.29, 0.717) is 41.4 Å². The predicted octanol–water partition coefficient (Wildman–Crippen LogP) is 4.57. The number of esters is 1. The van der Waals surface area contributed by atoms with Gasteiger partial charge in [-0.2, -0.15) is 0 Å². The zero-order valence-electron chi connectivity index (χ0n) is 18.9. The first kappa shape index (κ1) is 21.6. The minimum Gasteiger partial charge on any atom is -0.469 e. The Labute approximate surface area is 176 Å². The van der Waals surface area contributed by atoms with Gasteiger partial charge in [-0.1, -0.05) is 20.8 Å². The number of hydrogen-bond acceptors (Lipinski definition) is 4. The van der Waals surface area contributed by atoms with Crippen LogP contribution in [-0.2, 0) is 9.53 Å². The number of ether oxygens (including phenoxy) is 1. The number of rotatable bonds is 4. The Morgan fingerprint density at radius 2 is 1.69 bits per heavy atom. The second-order valence-electron chi connectivity index (χ2n) is 11.5. The maximum Gasteiger partial charge on any atom is 0.305 e. The van der Waals surface area contributed by atoms with Gasteiger partial charge in [0.25, 0.3) is 0 Å². The van der Waals surface area contributed by atoms with Gasteiger partial charge in [-0.3, -0.25) is 4.79 Å². The Morgan fingerprint density at radius 3 is 2.41 bits per heavy atom. The van der Waals surface area contributed by atoms with Gasteiger partial charge >= 0.3 is 5.97 Å². The van der Waals surface area contributed by atoms with E-state index in [1.807, 2.05) is 0 Å². The molecule has 10 atom stereocenters. The molecular weight excluding hydrogens is 364 g/mol. The zero-order chi connectivity index (χ0) is 21.0. The monoisotopic (exact) mass is 406 g/mol. The average molecular weight is 407 g/mol. The van der Waals surface area contributed by atoms with Gasteiger partial charge < -0.3 is 14.9 Å². The molecule has 0 bridgehead atoms. The number of aliphatic hydroxyl groups is 2. The van der Waals surface area contributed by atoms with E-state index in [9.17, 15) is 15.0 Å². The lowest BCUT2D eigenvalue weighted by Crippen LogP contribution is -2.58. The van der Waals surface area contributed by atoms with Crippen LogP contribution in [0.15, 0.2) is 0 Å². The molecule has 0 saturated heterocycles. The summed E-state index contributed by atoms with van der Waals surface area (Å²) in [4.78, 5) is 11.6. The van der Waals surface area contributed by atoms with Crippen LogP contribution in [0, 0.1) is 46.3 Å². The maximum absolute atomic E-state index is 11.6. The molecular formula is C25H42O4. The third-order valence-corrected chi connectivity index (χ3v) is 10.4. The number of fused-ring (bicyclic) bond motifs is 5. The molecule has 0 heterocycles. The summed E-state index contributed by atoms with van der Waals surface area (Å²) in [6, 6.07) is 0. The highest BCUT2D eigenvalue weighted by Crippen LogP contribution is 2.68. The van der Waals surface area contributed by atoms with Crippen LogP contribution in [0.3, 0.4) is 0 Å². The summed E-state index contributed by atoms with van der Waals surface area (Å²) in [7, 11) is 1.48. The summed E-state index contributed by atoms with van der Waals surface area (Å²) < 4.78 is 4.86. The highest BCUT2D eigenvalue weighted by molar-refractivity contribution is 5.69. The van der Waals surface area contributed by atoms with E-state index in [4.69, 9.17) is 4.74 Å². The molecule has 0 aromatic carbocycles. The van der Waals surface area contributed by atoms with Gasteiger partial charge in [-0.15, -0.1) is 0 Å². The van der Waals surface area contributed by atoms with Crippen molar-refractivity contribution in [2.45, 2.75) is 97.2 Å². The number of hydrogen-bond donors (Lipinski definition) is 2. The smallest absolute Gasteiger partial charge is 0.305 e. The molecule has 4 saturated carbocycles. The van der Waals surface area contributed by atoms with Crippen molar-refractivity contribution in [1.82, 2.24) is 0 Å². The summed E-state index contributed by atoms with van der Waals surface area (Å²) in [5.74, 6) is 3.42. The van der Waals surface area contributed by atoms with E-state index in [2.05, 4.69) is 20.8 Å². The average Bonchev–Trinajstić information content (AvgIpc) is 3.05. The quantitative estimate of drug-likeness (QED) is 0.671. The molecule has 4 nitrogen and oxygen atoms in total. The van der Waals surface area contributed by atoms with Gasteiger partial charge in [0.1, 0.15) is 0 Å². The standard InChI is InChI=1S/C25H42O4/c1-15(5-8-23(28)29-4)18-6-7-19-17-14-22(27)21-13-16(26)9-11-25(21,3)20(17)10-12-24(18,19)2/h15-22,26-27H,5-14H2,1-4H3/t15-,16-,17+,18-,19+,20+,21?,22?,24-,25-/m1/s1. The van der Waals surface area contributed by atoms with Crippen LogP contribution in [0.25, 0.3) is 0 Å². The molecule has 166 valence electrons. The van der Waals surface area contributed by atoms with Crippen molar-refractivity contribution in [2.24, 2.45) is 46.3 Å². The number of carbonyl (C=O) groups excluding carboxylic acids is 1. The Balaban J connectivity index is 1.52. The van der Waals surface area contributed by atoms with E-state index in [-0.39, 0.29) is 29.5 Å². The molecule has 0 aliphatic heterocycles. The molecule has 4 rings (SSSR count). The minimum atomic E-state index is -0.255. The molecule has 4 aliphatic rings. The van der Waals surface area contributed by atoms with Crippen molar-refractivity contribution in [3.8, 4) is 0 Å². The van der Waals surface area contributed by atoms with Crippen LogP contribution in [0.1, 0.15) is 85.0 Å². The first-order valence-corrected chi connectivity index (χ1v) is 12.1. The third-order valence-electron chi connectivity index (χ3n) is 10.4. The lowest BCUT2D eigenvalue weighted by Gasteiger charge is -2.62. The van der Waals surface area contributed by atoms with Gasteiger partial charge in [-0.25, -0.2) is 0 Å². The molecule has 2 N–H and O–H groups in total. The molecule has 4 fully saturated rings. The highest BCUT2D eigenvalue weighted by atomic mass is 16.5. The Bertz CT molecular complexity index is 620. The van der Waals surface area contributed by atoms with Crippen LogP contribution in [-0.4, -0.2) is 35.5 Å². The topological polar surface area (TPSA) is 66.8 Å². The van der Waals surface area contributed by atoms with Crippen molar-refractivity contribution < 1.29 is 19.7 Å². The lowest BCUT2D eigenvalue weighted by atomic mass is 9.44. The summed E-state index contributed by atoms with van der Waals surface area (Å²) in [6.07, 6.45) is 9.77. The normalized spacial score (nSPS) is 50.2. The summed E-state index contributed by atoms with van der Waals surface area (Å²) in [5, 5.41) is 21.3. The molecule has 2 unspecified atom stereocenters. The largest absolute Gasteiger partial charge is 0.469 e. The molecule has 0 aromatic rings. The predicted molar refractivity (Wildman–Crippen MR) is 113 cm³/mol. The Morgan fingerprint density at radius 1 is 1.00 bits per heavy atom. The molecule has 4 heteroatoms. The fraction of sp³-hybridized carbons (Fsp3) is 0.960. The van der Waals surface area contributed by atoms with Crippen LogP contribution in [0.5, 0.6) is 0 Å². The van der Waals surface area contributed by atoms with Crippen molar-refractivity contribution >= 4 is 5.97 Å². The van der Waals surface area contributed by atoms with Crippen molar-refractivity contribution in [1.29, 1.82) is 0 Å². The lowest BCUT2D eigenvalue weighted by molar-refractivity contribution is -0.172. The Hall–Kier alpha value is -0.610. The summed E-state index contributed by atoms with van der Waals surface area (Å²) in [6.45, 7) is 7.28. The fourth-order valence-electron chi connectivity index (χ4n) is 8.90. The van der Waals surface area contributed by atoms with E-state index in [1.54, 1.807) is 0 Å². The summed E-state index contributed by atoms with van der Waals surface area (Å²) in [5.41, 5.74) is 0.533. The minimum absolute atomic E-state index is 0.0888. The summed E-state index contributed by atoms with van der Waals surface area (Å²) >= 11 is 0. The highest BCUT2D eigenvalue weighted by Gasteiger charge is 2.62. The van der Waals surface area contributed by atoms with Gasteiger partial charge in [0.15, 0.2) is 0 Å². The van der Waals surface area contributed by atoms with E-state index >= 15 is 0 Å². The first-order valence-electron chi connectivity index (χ1n) is 12.1. The Kier molecular flexibility index (Phi) is 5.83. The van der Waals surface area contributed by atoms with E-state index in [0.717, 1.165) is 32.1 Å². The maximum atomic E-state index is 11.6. The molecule has 0 amide bonds. The van der Waals surface area contributed by atoms with E-state index < -0.39 is 0 Å². The first-order chi connectivity index (χ1) is 13.7. The van der Waals surface area contributed by atoms with Gasteiger partial charge in [0.2, 0.25) is 0 Å². The molecule has 0 aromatic heterocycles. The number of methoxy groups -OCH3 is 1. The van der Waals surface area contributed by atoms with Crippen molar-refractivity contribution in [2.75, 3.05) is 7.11 Å². The zero-order valence-corrected chi connectivity index (χ0v) is 18.9. The van der Waals surface area contributed by atoms with Gasteiger partial charge in [0, 0.05) is 6.42 Å². The van der Waals surface area contributed by atoms with Crippen LogP contribution < -0.4 is 0 Å². The van der Waals surface area contributed by atoms with Crippen LogP contribution in [0.2, 0.25) is 0 Å². The molecule has 0 spiro atoms. The third kappa shape index (κ3) is 3.46. The molecule has 4 aliphatic carbocycles. The van der Waals surface area contributed by atoms with Gasteiger partial charge in [-0.05, 0) is 104 Å². The van der Waals surface area contributed by atoms with Gasteiger partial charge in [0.05, 0.1) is 19.3 Å². The van der Waals surface area contributed by atoms with Crippen molar-refractivity contribution in [3.63, 3.8) is 0 Å². The van der Waals surface area contributed by atoms with Crippen molar-refractivity contribution in [3.05, 3.63) is 0 Å². The van der Waals surface area contributed by atoms with E-state index in [1.165, 1.54) is 32.8 Å². The number of aliphatic hydroxyl groups excluding tert-OH is 2. The molecule has 29 heavy (non-hydrogen) atoms. The second-order valence-corrected chi connectivity index (χ2v) is 11.5. The number of carbonyl (C=O) groups is 1. The molecule has 0 radical (unpaired) electrons. The SMILES string of the molecule is COC(=O)CC[C@@H](C)[C@H]1CC[C@H]2[C@@H]3CC(O)C4C[C@H](O)CC[C@]4(C)[C@H]3CC[C@]12C. The van der Waals surface area contributed by atoms with Crippen LogP contribution in [0.4, 0.5) is 0 Å². The fourth-order valence-corrected chi connectivity index (χ4v) is 8.90.